The van der Waals surface area contributed by atoms with Crippen molar-refractivity contribution in [2.45, 2.75) is 64.6 Å². The van der Waals surface area contributed by atoms with Gasteiger partial charge in [0.15, 0.2) is 0 Å². The van der Waals surface area contributed by atoms with Crippen molar-refractivity contribution in [1.29, 1.82) is 0 Å². The largest absolute Gasteiger partial charge is 0.490 e. The maximum atomic E-state index is 12.0. The van der Waals surface area contributed by atoms with Crippen molar-refractivity contribution in [2.75, 3.05) is 15.9 Å². The Hall–Kier alpha value is -3.97. The van der Waals surface area contributed by atoms with E-state index >= 15 is 0 Å². The molecule has 6 nitrogen and oxygen atoms in total. The first kappa shape index (κ1) is 29.5. The molecule has 0 atom stereocenters. The van der Waals surface area contributed by atoms with Gasteiger partial charge in [0.2, 0.25) is 10.0 Å². The van der Waals surface area contributed by atoms with Gasteiger partial charge >= 0.3 is 0 Å². The van der Waals surface area contributed by atoms with Gasteiger partial charge in [-0.05, 0) is 85.7 Å². The maximum absolute atomic E-state index is 12.0. The van der Waals surface area contributed by atoms with Gasteiger partial charge in [0.1, 0.15) is 17.2 Å². The van der Waals surface area contributed by atoms with Gasteiger partial charge in [0, 0.05) is 24.8 Å². The van der Waals surface area contributed by atoms with Crippen LogP contribution in [0.25, 0.3) is 0 Å². The van der Waals surface area contributed by atoms with Gasteiger partial charge in [0.05, 0.1) is 18.0 Å². The summed E-state index contributed by atoms with van der Waals surface area (Å²) < 4.78 is 39.0. The SMILES string of the molecule is Cc1c(NS(C)(=O)=O)cccc1N(Cc1ccccc1)Cc1ccc(Oc2cccc(OC3CCCCCC3)c2)cc1. The van der Waals surface area contributed by atoms with Crippen molar-refractivity contribution in [3.05, 3.63) is 114 Å². The smallest absolute Gasteiger partial charge is 0.229 e. The molecule has 1 aliphatic rings. The summed E-state index contributed by atoms with van der Waals surface area (Å²) in [7, 11) is -3.39. The zero-order valence-corrected chi connectivity index (χ0v) is 25.3. The average molecular weight is 585 g/mol. The van der Waals surface area contributed by atoms with Crippen LogP contribution >= 0.6 is 0 Å². The quantitative estimate of drug-likeness (QED) is 0.179. The molecule has 42 heavy (non-hydrogen) atoms. The lowest BCUT2D eigenvalue weighted by Gasteiger charge is -2.28. The van der Waals surface area contributed by atoms with Crippen LogP contribution in [0.15, 0.2) is 97.1 Å². The van der Waals surface area contributed by atoms with Gasteiger partial charge in [-0.3, -0.25) is 4.72 Å². The highest BCUT2D eigenvalue weighted by Gasteiger charge is 2.16. The number of hydrogen-bond acceptors (Lipinski definition) is 5. The molecular formula is C35H40N2O4S. The standard InChI is InChI=1S/C35H40N2O4S/c1-27-34(36-42(2,38)39)18-11-19-35(27)37(25-28-12-6-5-7-13-28)26-29-20-22-31(23-21-29)41-33-17-10-16-32(24-33)40-30-14-8-3-4-9-15-30/h5-7,10-13,16-24,30,36H,3-4,8-9,14-15,25-26H2,1-2H3. The Morgan fingerprint density at radius 3 is 2.07 bits per heavy atom. The molecule has 0 amide bonds. The maximum Gasteiger partial charge on any atom is 0.229 e. The lowest BCUT2D eigenvalue weighted by molar-refractivity contribution is 0.183. The van der Waals surface area contributed by atoms with E-state index in [1.807, 2.05) is 73.7 Å². The van der Waals surface area contributed by atoms with Gasteiger partial charge in [-0.15, -0.1) is 0 Å². The van der Waals surface area contributed by atoms with E-state index in [0.717, 1.165) is 46.9 Å². The molecule has 1 fully saturated rings. The van der Waals surface area contributed by atoms with Crippen LogP contribution in [-0.4, -0.2) is 20.8 Å². The second kappa shape index (κ2) is 13.8. The molecule has 5 rings (SSSR count). The number of rotatable bonds is 11. The van der Waals surface area contributed by atoms with Crippen LogP contribution in [0.5, 0.6) is 17.2 Å². The van der Waals surface area contributed by atoms with E-state index in [4.69, 9.17) is 9.47 Å². The Bertz CT molecular complexity index is 1550. The minimum Gasteiger partial charge on any atom is -0.490 e. The number of benzene rings is 4. The monoisotopic (exact) mass is 584 g/mol. The molecule has 7 heteroatoms. The van der Waals surface area contributed by atoms with E-state index < -0.39 is 10.0 Å². The van der Waals surface area contributed by atoms with Crippen LogP contribution in [0.2, 0.25) is 0 Å². The Kier molecular flexibility index (Phi) is 9.70. The van der Waals surface area contributed by atoms with E-state index in [1.165, 1.54) is 37.5 Å². The number of ether oxygens (including phenoxy) is 2. The number of hydrogen-bond donors (Lipinski definition) is 1. The van der Waals surface area contributed by atoms with Gasteiger partial charge < -0.3 is 14.4 Å². The minimum atomic E-state index is -3.39. The molecule has 4 aromatic carbocycles. The number of nitrogens with zero attached hydrogens (tertiary/aromatic N) is 1. The summed E-state index contributed by atoms with van der Waals surface area (Å²) in [6.07, 6.45) is 8.76. The van der Waals surface area contributed by atoms with Crippen molar-refractivity contribution in [3.63, 3.8) is 0 Å². The Morgan fingerprint density at radius 1 is 0.738 bits per heavy atom. The van der Waals surface area contributed by atoms with Crippen LogP contribution in [0.3, 0.4) is 0 Å². The fourth-order valence-electron chi connectivity index (χ4n) is 5.49. The lowest BCUT2D eigenvalue weighted by Crippen LogP contribution is -2.23. The fourth-order valence-corrected chi connectivity index (χ4v) is 6.11. The molecule has 0 aromatic heterocycles. The first-order chi connectivity index (χ1) is 20.3. The Morgan fingerprint density at radius 2 is 1.38 bits per heavy atom. The normalized spacial score (nSPS) is 14.1. The van der Waals surface area contributed by atoms with Crippen LogP contribution in [0, 0.1) is 6.92 Å². The summed E-state index contributed by atoms with van der Waals surface area (Å²) in [6, 6.07) is 32.0. The van der Waals surface area contributed by atoms with Gasteiger partial charge in [-0.25, -0.2) is 8.42 Å². The molecular weight excluding hydrogens is 544 g/mol. The first-order valence-corrected chi connectivity index (χ1v) is 16.6. The van der Waals surface area contributed by atoms with Crippen molar-refractivity contribution in [3.8, 4) is 17.2 Å². The third kappa shape index (κ3) is 8.52. The minimum absolute atomic E-state index is 0.285. The number of nitrogens with one attached hydrogen (secondary N) is 1. The third-order valence-electron chi connectivity index (χ3n) is 7.60. The zero-order valence-electron chi connectivity index (χ0n) is 24.5. The van der Waals surface area contributed by atoms with E-state index in [0.29, 0.717) is 18.8 Å². The van der Waals surface area contributed by atoms with Crippen molar-refractivity contribution < 1.29 is 17.9 Å². The molecule has 0 bridgehead atoms. The average Bonchev–Trinajstić information content (AvgIpc) is 3.24. The summed E-state index contributed by atoms with van der Waals surface area (Å²) in [5.41, 5.74) is 4.72. The van der Waals surface area contributed by atoms with Crippen LogP contribution in [0.1, 0.15) is 55.2 Å². The topological polar surface area (TPSA) is 67.9 Å². The summed E-state index contributed by atoms with van der Waals surface area (Å²) in [5, 5.41) is 0. The van der Waals surface area contributed by atoms with Crippen LogP contribution < -0.4 is 19.1 Å². The van der Waals surface area contributed by atoms with E-state index in [9.17, 15) is 8.42 Å². The lowest BCUT2D eigenvalue weighted by atomic mass is 10.1. The van der Waals surface area contributed by atoms with Crippen LogP contribution in [-0.2, 0) is 23.1 Å². The molecule has 0 unspecified atom stereocenters. The molecule has 1 saturated carbocycles. The second-order valence-corrected chi connectivity index (χ2v) is 12.9. The van der Waals surface area contributed by atoms with Crippen molar-refractivity contribution in [1.82, 2.24) is 0 Å². The predicted octanol–water partition coefficient (Wildman–Crippen LogP) is 8.47. The first-order valence-electron chi connectivity index (χ1n) is 14.7. The highest BCUT2D eigenvalue weighted by Crippen LogP contribution is 2.32. The summed E-state index contributed by atoms with van der Waals surface area (Å²) in [6.45, 7) is 3.27. The Labute approximate surface area is 250 Å². The second-order valence-electron chi connectivity index (χ2n) is 11.1. The summed E-state index contributed by atoms with van der Waals surface area (Å²) >= 11 is 0. The van der Waals surface area contributed by atoms with Gasteiger partial charge in [-0.2, -0.15) is 0 Å². The van der Waals surface area contributed by atoms with Crippen molar-refractivity contribution >= 4 is 21.4 Å². The summed E-state index contributed by atoms with van der Waals surface area (Å²) in [5.74, 6) is 2.37. The van der Waals surface area contributed by atoms with Gasteiger partial charge in [-0.1, -0.05) is 67.4 Å². The van der Waals surface area contributed by atoms with E-state index in [-0.39, 0.29) is 6.10 Å². The fraction of sp³-hybridized carbons (Fsp3) is 0.314. The van der Waals surface area contributed by atoms with Crippen LogP contribution in [0.4, 0.5) is 11.4 Å². The molecule has 0 spiro atoms. The highest BCUT2D eigenvalue weighted by atomic mass is 32.2. The van der Waals surface area contributed by atoms with Crippen molar-refractivity contribution in [2.24, 2.45) is 0 Å². The van der Waals surface area contributed by atoms with E-state index in [1.54, 1.807) is 6.07 Å². The molecule has 1 aliphatic carbocycles. The molecule has 220 valence electrons. The molecule has 0 aliphatic heterocycles. The van der Waals surface area contributed by atoms with E-state index in [2.05, 4.69) is 33.9 Å². The molecule has 1 N–H and O–H groups in total. The zero-order chi connectivity index (χ0) is 29.4. The molecule has 0 heterocycles. The third-order valence-corrected chi connectivity index (χ3v) is 8.19. The Balaban J connectivity index is 1.31. The number of anilines is 2. The summed E-state index contributed by atoms with van der Waals surface area (Å²) in [4.78, 5) is 2.27. The molecule has 4 aromatic rings. The highest BCUT2D eigenvalue weighted by molar-refractivity contribution is 7.92. The number of sulfonamides is 1. The van der Waals surface area contributed by atoms with Gasteiger partial charge in [0.25, 0.3) is 0 Å². The predicted molar refractivity (Wildman–Crippen MR) is 171 cm³/mol. The molecule has 0 saturated heterocycles. The molecule has 0 radical (unpaired) electrons.